The van der Waals surface area contributed by atoms with E-state index < -0.39 is 17.5 Å². The standard InChI is InChI=1S/C21H18FN3O3/c22-18-5-4-15(11-17(18)12-23)14-2-1-3-16(10-14)19(26)25-8-6-21(7-9-25)13-24-20(27)28-21/h1-5,10-11H,6-9,13H2,(H,24,27). The molecule has 142 valence electrons. The molecule has 2 aliphatic rings. The summed E-state index contributed by atoms with van der Waals surface area (Å²) in [6, 6.07) is 13.2. The largest absolute Gasteiger partial charge is 0.441 e. The van der Waals surface area contributed by atoms with Crippen LogP contribution in [0.4, 0.5) is 9.18 Å². The molecular formula is C21H18FN3O3. The van der Waals surface area contributed by atoms with Gasteiger partial charge in [-0.1, -0.05) is 18.2 Å². The SMILES string of the molecule is N#Cc1cc(-c2cccc(C(=O)N3CCC4(CC3)CNC(=O)O4)c2)ccc1F. The third-order valence-electron chi connectivity index (χ3n) is 5.36. The molecule has 0 aliphatic carbocycles. The van der Waals surface area contributed by atoms with Crippen molar-refractivity contribution in [1.29, 1.82) is 5.26 Å². The number of nitrogens with zero attached hydrogens (tertiary/aromatic N) is 2. The molecule has 6 nitrogen and oxygen atoms in total. The number of alkyl carbamates (subject to hydrolysis) is 1. The predicted octanol–water partition coefficient (Wildman–Crippen LogP) is 3.08. The summed E-state index contributed by atoms with van der Waals surface area (Å²) >= 11 is 0. The summed E-state index contributed by atoms with van der Waals surface area (Å²) < 4.78 is 19.0. The van der Waals surface area contributed by atoms with Gasteiger partial charge in [0.25, 0.3) is 5.91 Å². The highest BCUT2D eigenvalue weighted by Gasteiger charge is 2.43. The number of halogens is 1. The van der Waals surface area contributed by atoms with Crippen molar-refractivity contribution < 1.29 is 18.7 Å². The summed E-state index contributed by atoms with van der Waals surface area (Å²) in [5.41, 5.74) is 1.41. The molecule has 2 aromatic rings. The lowest BCUT2D eigenvalue weighted by Gasteiger charge is -2.37. The van der Waals surface area contributed by atoms with Crippen molar-refractivity contribution in [3.05, 3.63) is 59.4 Å². The van der Waals surface area contributed by atoms with Gasteiger partial charge in [-0.05, 0) is 35.4 Å². The Morgan fingerprint density at radius 3 is 2.61 bits per heavy atom. The van der Waals surface area contributed by atoms with Crippen LogP contribution in [0.3, 0.4) is 0 Å². The quantitative estimate of drug-likeness (QED) is 0.869. The summed E-state index contributed by atoms with van der Waals surface area (Å²) in [5.74, 6) is -0.667. The van der Waals surface area contributed by atoms with Gasteiger partial charge < -0.3 is 15.0 Å². The Kier molecular flexibility index (Phi) is 4.47. The highest BCUT2D eigenvalue weighted by molar-refractivity contribution is 5.95. The first-order chi connectivity index (χ1) is 13.5. The maximum absolute atomic E-state index is 13.6. The molecule has 0 unspecified atom stereocenters. The second kappa shape index (κ2) is 6.97. The number of nitrogens with one attached hydrogen (secondary N) is 1. The van der Waals surface area contributed by atoms with Crippen molar-refractivity contribution in [3.63, 3.8) is 0 Å². The lowest BCUT2D eigenvalue weighted by atomic mass is 9.91. The number of ether oxygens (including phenoxy) is 1. The van der Waals surface area contributed by atoms with Gasteiger partial charge >= 0.3 is 6.09 Å². The van der Waals surface area contributed by atoms with E-state index in [-0.39, 0.29) is 11.5 Å². The summed E-state index contributed by atoms with van der Waals surface area (Å²) in [6.07, 6.45) is 0.796. The smallest absolute Gasteiger partial charge is 0.407 e. The molecule has 0 radical (unpaired) electrons. The van der Waals surface area contributed by atoms with Crippen molar-refractivity contribution in [2.75, 3.05) is 19.6 Å². The minimum absolute atomic E-state index is 0.0321. The lowest BCUT2D eigenvalue weighted by molar-refractivity contribution is 0.00331. The maximum Gasteiger partial charge on any atom is 0.407 e. The van der Waals surface area contributed by atoms with Crippen molar-refractivity contribution in [2.24, 2.45) is 0 Å². The van der Waals surface area contributed by atoms with Gasteiger partial charge in [-0.3, -0.25) is 4.79 Å². The van der Waals surface area contributed by atoms with Crippen molar-refractivity contribution in [2.45, 2.75) is 18.4 Å². The van der Waals surface area contributed by atoms with E-state index in [0.717, 1.165) is 5.56 Å². The molecular weight excluding hydrogens is 361 g/mol. The molecule has 2 aliphatic heterocycles. The Bertz CT molecular complexity index is 991. The number of likely N-dealkylation sites (tertiary alicyclic amines) is 1. The van der Waals surface area contributed by atoms with E-state index in [1.807, 2.05) is 12.1 Å². The third-order valence-corrected chi connectivity index (χ3v) is 5.36. The van der Waals surface area contributed by atoms with Crippen LogP contribution in [-0.4, -0.2) is 42.1 Å². The summed E-state index contributed by atoms with van der Waals surface area (Å²) in [6.45, 7) is 1.50. The molecule has 0 aromatic heterocycles. The van der Waals surface area contributed by atoms with Crippen molar-refractivity contribution in [1.82, 2.24) is 10.2 Å². The van der Waals surface area contributed by atoms with Gasteiger partial charge in [0.15, 0.2) is 0 Å². The van der Waals surface area contributed by atoms with Gasteiger partial charge in [0.2, 0.25) is 0 Å². The molecule has 2 aromatic carbocycles. The number of hydrogen-bond donors (Lipinski definition) is 1. The second-order valence-corrected chi connectivity index (χ2v) is 7.11. The van der Waals surface area contributed by atoms with E-state index in [1.165, 1.54) is 12.1 Å². The lowest BCUT2D eigenvalue weighted by Crippen LogP contribution is -2.48. The number of rotatable bonds is 2. The highest BCUT2D eigenvalue weighted by Crippen LogP contribution is 2.30. The fourth-order valence-electron chi connectivity index (χ4n) is 3.70. The average molecular weight is 379 g/mol. The number of hydrogen-bond acceptors (Lipinski definition) is 4. The first-order valence-electron chi connectivity index (χ1n) is 9.06. The first kappa shape index (κ1) is 18.0. The first-order valence-corrected chi connectivity index (χ1v) is 9.06. The van der Waals surface area contributed by atoms with E-state index in [1.54, 1.807) is 29.2 Å². The monoisotopic (exact) mass is 379 g/mol. The van der Waals surface area contributed by atoms with Crippen molar-refractivity contribution in [3.8, 4) is 17.2 Å². The van der Waals surface area contributed by atoms with Gasteiger partial charge in [0.05, 0.1) is 12.1 Å². The topological polar surface area (TPSA) is 82.4 Å². The van der Waals surface area contributed by atoms with Crippen molar-refractivity contribution >= 4 is 12.0 Å². The van der Waals surface area contributed by atoms with Crippen LogP contribution in [0.5, 0.6) is 0 Å². The molecule has 0 bridgehead atoms. The van der Waals surface area contributed by atoms with Crippen LogP contribution >= 0.6 is 0 Å². The van der Waals surface area contributed by atoms with E-state index in [2.05, 4.69) is 5.32 Å². The molecule has 2 heterocycles. The van der Waals surface area contributed by atoms with Gasteiger partial charge in [-0.15, -0.1) is 0 Å². The van der Waals surface area contributed by atoms with E-state index in [9.17, 15) is 14.0 Å². The van der Waals surface area contributed by atoms with Gasteiger partial charge in [-0.2, -0.15) is 5.26 Å². The van der Waals surface area contributed by atoms with Crippen LogP contribution in [0.2, 0.25) is 0 Å². The predicted molar refractivity (Wildman–Crippen MR) is 98.9 cm³/mol. The molecule has 1 spiro atoms. The van der Waals surface area contributed by atoms with E-state index >= 15 is 0 Å². The van der Waals surface area contributed by atoms with E-state index in [4.69, 9.17) is 10.00 Å². The summed E-state index contributed by atoms with van der Waals surface area (Å²) in [5, 5.41) is 11.7. The molecule has 2 fully saturated rings. The molecule has 0 saturated carbocycles. The van der Waals surface area contributed by atoms with Gasteiger partial charge in [-0.25, -0.2) is 9.18 Å². The Morgan fingerprint density at radius 2 is 1.93 bits per heavy atom. The number of carbonyl (C=O) groups excluding carboxylic acids is 2. The number of amides is 2. The molecule has 2 amide bonds. The van der Waals surface area contributed by atoms with Gasteiger partial charge in [0.1, 0.15) is 17.5 Å². The van der Waals surface area contributed by atoms with Crippen LogP contribution < -0.4 is 5.32 Å². The summed E-state index contributed by atoms with van der Waals surface area (Å²) in [7, 11) is 0. The zero-order valence-corrected chi connectivity index (χ0v) is 15.1. The number of carbonyl (C=O) groups is 2. The number of piperidine rings is 1. The Labute approximate surface area is 161 Å². The molecule has 2 saturated heterocycles. The molecule has 28 heavy (non-hydrogen) atoms. The molecule has 7 heteroatoms. The van der Waals surface area contributed by atoms with Crippen LogP contribution in [-0.2, 0) is 4.74 Å². The fraction of sp³-hybridized carbons (Fsp3) is 0.286. The highest BCUT2D eigenvalue weighted by atomic mass is 19.1. The third kappa shape index (κ3) is 3.29. The fourth-order valence-corrected chi connectivity index (χ4v) is 3.70. The van der Waals surface area contributed by atoms with Gasteiger partial charge in [0, 0.05) is 31.5 Å². The zero-order valence-electron chi connectivity index (χ0n) is 15.1. The Morgan fingerprint density at radius 1 is 1.18 bits per heavy atom. The number of benzene rings is 2. The maximum atomic E-state index is 13.6. The normalized spacial score (nSPS) is 17.7. The van der Waals surface area contributed by atoms with Crippen LogP contribution in [0.25, 0.3) is 11.1 Å². The molecule has 4 rings (SSSR count). The van der Waals surface area contributed by atoms with E-state index in [0.29, 0.717) is 43.6 Å². The Balaban J connectivity index is 1.51. The molecule has 0 atom stereocenters. The van der Waals surface area contributed by atoms with Crippen LogP contribution in [0.1, 0.15) is 28.8 Å². The van der Waals surface area contributed by atoms with Crippen LogP contribution in [0, 0.1) is 17.1 Å². The minimum atomic E-state index is -0.567. The van der Waals surface area contributed by atoms with Crippen LogP contribution in [0.15, 0.2) is 42.5 Å². The second-order valence-electron chi connectivity index (χ2n) is 7.11. The summed E-state index contributed by atoms with van der Waals surface area (Å²) in [4.78, 5) is 26.0. The Hall–Kier alpha value is -3.40. The average Bonchev–Trinajstić information content (AvgIpc) is 3.08. The molecule has 1 N–H and O–H groups in total. The zero-order chi connectivity index (χ0) is 19.7. The number of nitriles is 1. The minimum Gasteiger partial charge on any atom is -0.441 e.